The van der Waals surface area contributed by atoms with Gasteiger partial charge in [0.05, 0.1) is 0 Å². The third-order valence-electron chi connectivity index (χ3n) is 3.59. The van der Waals surface area contributed by atoms with E-state index in [-0.39, 0.29) is 0 Å². The van der Waals surface area contributed by atoms with Gasteiger partial charge in [0.15, 0.2) is 5.82 Å². The minimum atomic E-state index is 0.431. The number of nitrogens with zero attached hydrogens (tertiary/aromatic N) is 2. The van der Waals surface area contributed by atoms with Crippen molar-refractivity contribution in [2.24, 2.45) is 0 Å². The minimum Gasteiger partial charge on any atom is -0.366 e. The molecule has 0 amide bonds. The fourth-order valence-corrected chi connectivity index (χ4v) is 2.77. The minimum absolute atomic E-state index is 0.431. The maximum atomic E-state index is 6.05. The lowest BCUT2D eigenvalue weighted by atomic mass is 10.1. The molecule has 1 saturated heterocycles. The van der Waals surface area contributed by atoms with E-state index in [2.05, 4.69) is 20.6 Å². The Kier molecular flexibility index (Phi) is 4.36. The highest BCUT2D eigenvalue weighted by Gasteiger charge is 2.14. The molecule has 1 unspecified atom stereocenters. The van der Waals surface area contributed by atoms with Crippen LogP contribution in [0.25, 0.3) is 11.4 Å². The van der Waals surface area contributed by atoms with E-state index in [0.29, 0.717) is 16.9 Å². The first-order valence-electron chi connectivity index (χ1n) is 7.29. The van der Waals surface area contributed by atoms with Crippen LogP contribution in [0.4, 0.5) is 5.82 Å². The van der Waals surface area contributed by atoms with Gasteiger partial charge >= 0.3 is 0 Å². The number of hydrogen-bond acceptors (Lipinski definition) is 4. The topological polar surface area (TPSA) is 49.8 Å². The van der Waals surface area contributed by atoms with Crippen molar-refractivity contribution in [2.45, 2.75) is 25.8 Å². The van der Waals surface area contributed by atoms with Crippen LogP contribution in [0.5, 0.6) is 0 Å². The van der Waals surface area contributed by atoms with E-state index in [1.165, 1.54) is 12.8 Å². The van der Waals surface area contributed by atoms with Crippen LogP contribution in [0, 0.1) is 6.92 Å². The van der Waals surface area contributed by atoms with Gasteiger partial charge in [-0.1, -0.05) is 23.7 Å². The highest BCUT2D eigenvalue weighted by Crippen LogP contribution is 2.22. The second-order valence-electron chi connectivity index (χ2n) is 5.42. The summed E-state index contributed by atoms with van der Waals surface area (Å²) in [6.45, 7) is 4.07. The van der Waals surface area contributed by atoms with Gasteiger partial charge in [-0.05, 0) is 38.4 Å². The largest absolute Gasteiger partial charge is 0.366 e. The Morgan fingerprint density at radius 2 is 2.19 bits per heavy atom. The van der Waals surface area contributed by atoms with Crippen molar-refractivity contribution in [3.8, 4) is 11.4 Å². The first-order valence-corrected chi connectivity index (χ1v) is 7.67. The molecule has 110 valence electrons. The van der Waals surface area contributed by atoms with Crippen LogP contribution in [-0.4, -0.2) is 29.1 Å². The van der Waals surface area contributed by atoms with Gasteiger partial charge in [0.25, 0.3) is 0 Å². The van der Waals surface area contributed by atoms with Gasteiger partial charge in [-0.3, -0.25) is 0 Å². The van der Waals surface area contributed by atoms with Crippen LogP contribution in [0.1, 0.15) is 18.5 Å². The SMILES string of the molecule is Cc1cc(NC2CCCNC2)nc(-c2cccc(Cl)c2)n1. The van der Waals surface area contributed by atoms with Gasteiger partial charge in [-0.25, -0.2) is 9.97 Å². The van der Waals surface area contributed by atoms with E-state index in [1.807, 2.05) is 37.3 Å². The summed E-state index contributed by atoms with van der Waals surface area (Å²) in [5, 5.41) is 7.60. The van der Waals surface area contributed by atoms with E-state index in [9.17, 15) is 0 Å². The molecular weight excluding hydrogens is 284 g/mol. The monoisotopic (exact) mass is 302 g/mol. The van der Waals surface area contributed by atoms with Crippen molar-refractivity contribution < 1.29 is 0 Å². The number of aromatic nitrogens is 2. The molecule has 2 aromatic rings. The van der Waals surface area contributed by atoms with Crippen molar-refractivity contribution in [3.05, 3.63) is 41.0 Å². The molecule has 2 N–H and O–H groups in total. The average Bonchev–Trinajstić information content (AvgIpc) is 2.48. The molecule has 5 heteroatoms. The zero-order chi connectivity index (χ0) is 14.7. The zero-order valence-electron chi connectivity index (χ0n) is 12.1. The molecule has 1 fully saturated rings. The van der Waals surface area contributed by atoms with E-state index in [4.69, 9.17) is 11.6 Å². The summed E-state index contributed by atoms with van der Waals surface area (Å²) in [5.74, 6) is 1.59. The lowest BCUT2D eigenvalue weighted by molar-refractivity contribution is 0.479. The van der Waals surface area contributed by atoms with E-state index >= 15 is 0 Å². The molecule has 1 aliphatic rings. The molecular formula is C16H19ClN4. The molecule has 1 atom stereocenters. The number of anilines is 1. The van der Waals surface area contributed by atoms with Crippen LogP contribution in [-0.2, 0) is 0 Å². The van der Waals surface area contributed by atoms with Gasteiger partial charge < -0.3 is 10.6 Å². The van der Waals surface area contributed by atoms with E-state index in [1.54, 1.807) is 0 Å². The summed E-state index contributed by atoms with van der Waals surface area (Å²) in [7, 11) is 0. The quantitative estimate of drug-likeness (QED) is 0.913. The lowest BCUT2D eigenvalue weighted by Crippen LogP contribution is -2.38. The first-order chi connectivity index (χ1) is 10.2. The van der Waals surface area contributed by atoms with Crippen LogP contribution in [0.15, 0.2) is 30.3 Å². The van der Waals surface area contributed by atoms with Gasteiger partial charge in [0.2, 0.25) is 0 Å². The molecule has 4 nitrogen and oxygen atoms in total. The summed E-state index contributed by atoms with van der Waals surface area (Å²) in [6, 6.07) is 10.1. The smallest absolute Gasteiger partial charge is 0.161 e. The van der Waals surface area contributed by atoms with Gasteiger partial charge in [-0.2, -0.15) is 0 Å². The Balaban J connectivity index is 1.85. The maximum Gasteiger partial charge on any atom is 0.161 e. The molecule has 1 aliphatic heterocycles. The standard InChI is InChI=1S/C16H19ClN4/c1-11-8-15(20-14-6-3-7-18-10-14)21-16(19-11)12-4-2-5-13(17)9-12/h2,4-5,8-9,14,18H,3,6-7,10H2,1H3,(H,19,20,21). The van der Waals surface area contributed by atoms with Crippen molar-refractivity contribution in [2.75, 3.05) is 18.4 Å². The second kappa shape index (κ2) is 6.41. The first kappa shape index (κ1) is 14.3. The number of benzene rings is 1. The number of hydrogen-bond donors (Lipinski definition) is 2. The lowest BCUT2D eigenvalue weighted by Gasteiger charge is -2.24. The number of nitrogens with one attached hydrogen (secondary N) is 2. The molecule has 21 heavy (non-hydrogen) atoms. The predicted molar refractivity (Wildman–Crippen MR) is 86.7 cm³/mol. The van der Waals surface area contributed by atoms with Crippen LogP contribution >= 0.6 is 11.6 Å². The van der Waals surface area contributed by atoms with Crippen molar-refractivity contribution in [3.63, 3.8) is 0 Å². The Labute approximate surface area is 130 Å². The summed E-state index contributed by atoms with van der Waals surface area (Å²) < 4.78 is 0. The summed E-state index contributed by atoms with van der Waals surface area (Å²) >= 11 is 6.05. The molecule has 0 aliphatic carbocycles. The molecule has 0 saturated carbocycles. The second-order valence-corrected chi connectivity index (χ2v) is 5.85. The number of halogens is 1. The Hall–Kier alpha value is -1.65. The highest BCUT2D eigenvalue weighted by molar-refractivity contribution is 6.30. The third kappa shape index (κ3) is 3.71. The molecule has 0 bridgehead atoms. The average molecular weight is 303 g/mol. The van der Waals surface area contributed by atoms with Crippen molar-refractivity contribution in [1.82, 2.24) is 15.3 Å². The highest BCUT2D eigenvalue weighted by atomic mass is 35.5. The van der Waals surface area contributed by atoms with Crippen molar-refractivity contribution in [1.29, 1.82) is 0 Å². The predicted octanol–water partition coefficient (Wildman–Crippen LogP) is 3.27. The normalized spacial score (nSPS) is 18.5. The third-order valence-corrected chi connectivity index (χ3v) is 3.82. The number of rotatable bonds is 3. The van der Waals surface area contributed by atoms with Crippen LogP contribution in [0.2, 0.25) is 5.02 Å². The molecule has 0 spiro atoms. The van der Waals surface area contributed by atoms with Gasteiger partial charge in [-0.15, -0.1) is 0 Å². The van der Waals surface area contributed by atoms with Gasteiger partial charge in [0.1, 0.15) is 5.82 Å². The fourth-order valence-electron chi connectivity index (χ4n) is 2.58. The fraction of sp³-hybridized carbons (Fsp3) is 0.375. The Bertz CT molecular complexity index is 623. The molecule has 0 radical (unpaired) electrons. The summed E-state index contributed by atoms with van der Waals surface area (Å²) in [5.41, 5.74) is 1.89. The number of aryl methyl sites for hydroxylation is 1. The van der Waals surface area contributed by atoms with Crippen LogP contribution < -0.4 is 10.6 Å². The molecule has 3 rings (SSSR count). The zero-order valence-corrected chi connectivity index (χ0v) is 12.8. The Morgan fingerprint density at radius 1 is 1.29 bits per heavy atom. The van der Waals surface area contributed by atoms with Crippen molar-refractivity contribution >= 4 is 17.4 Å². The number of piperidine rings is 1. The summed E-state index contributed by atoms with van der Waals surface area (Å²) in [6.07, 6.45) is 2.37. The molecule has 1 aromatic heterocycles. The van der Waals surface area contributed by atoms with Crippen LogP contribution in [0.3, 0.4) is 0 Å². The molecule has 2 heterocycles. The van der Waals surface area contributed by atoms with E-state index in [0.717, 1.165) is 30.2 Å². The summed E-state index contributed by atoms with van der Waals surface area (Å²) in [4.78, 5) is 9.14. The Morgan fingerprint density at radius 3 is 2.95 bits per heavy atom. The van der Waals surface area contributed by atoms with E-state index < -0.39 is 0 Å². The maximum absolute atomic E-state index is 6.05. The molecule has 1 aromatic carbocycles. The van der Waals surface area contributed by atoms with Gasteiger partial charge in [0, 0.05) is 34.9 Å².